The zero-order valence-corrected chi connectivity index (χ0v) is 4.15. The van der Waals surface area contributed by atoms with Crippen molar-refractivity contribution in [3.8, 4) is 0 Å². The van der Waals surface area contributed by atoms with E-state index in [1.54, 1.807) is 0 Å². The maximum atomic E-state index is 8.07. The van der Waals surface area contributed by atoms with Gasteiger partial charge in [0, 0.05) is 6.61 Å². The number of hydrogen-bond acceptors (Lipinski definition) is 2. The molecular weight excluding hydrogens is 101 g/mol. The van der Waals surface area contributed by atoms with Crippen molar-refractivity contribution in [3.05, 3.63) is 0 Å². The van der Waals surface area contributed by atoms with Gasteiger partial charge in [0.05, 0.1) is 5.50 Å². The molecule has 1 unspecified atom stereocenters. The molecule has 0 amide bonds. The van der Waals surface area contributed by atoms with Crippen LogP contribution in [-0.2, 0) is 0 Å². The normalized spacial score (nSPS) is 14.5. The summed E-state index contributed by atoms with van der Waals surface area (Å²) in [6, 6.07) is 0. The first-order valence-corrected chi connectivity index (χ1v) is 2.21. The molecule has 0 saturated heterocycles. The second-order valence-corrected chi connectivity index (χ2v) is 1.59. The van der Waals surface area contributed by atoms with Crippen LogP contribution in [0.15, 0.2) is 0 Å². The van der Waals surface area contributed by atoms with Crippen molar-refractivity contribution in [2.24, 2.45) is 5.73 Å². The SMILES string of the molecule is NC(Cl)CCO. The molecule has 0 aliphatic heterocycles. The van der Waals surface area contributed by atoms with Crippen LogP contribution in [-0.4, -0.2) is 17.2 Å². The van der Waals surface area contributed by atoms with E-state index in [1.165, 1.54) is 0 Å². The summed E-state index contributed by atoms with van der Waals surface area (Å²) in [5, 5.41) is 8.07. The van der Waals surface area contributed by atoms with E-state index < -0.39 is 0 Å². The van der Waals surface area contributed by atoms with E-state index in [0.717, 1.165) is 0 Å². The molecule has 0 saturated carbocycles. The van der Waals surface area contributed by atoms with Gasteiger partial charge in [-0.25, -0.2) is 0 Å². The first kappa shape index (κ1) is 6.21. The molecule has 3 N–H and O–H groups in total. The molecule has 38 valence electrons. The van der Waals surface area contributed by atoms with Crippen LogP contribution in [0.3, 0.4) is 0 Å². The summed E-state index contributed by atoms with van der Waals surface area (Å²) in [6.07, 6.45) is 0.474. The molecule has 0 aromatic carbocycles. The number of rotatable bonds is 2. The van der Waals surface area contributed by atoms with Gasteiger partial charge in [0.1, 0.15) is 0 Å². The lowest BCUT2D eigenvalue weighted by molar-refractivity contribution is 0.287. The highest BCUT2D eigenvalue weighted by Crippen LogP contribution is 1.88. The maximum absolute atomic E-state index is 8.07. The fourth-order valence-electron chi connectivity index (χ4n) is 0.123. The Morgan fingerprint density at radius 3 is 2.33 bits per heavy atom. The van der Waals surface area contributed by atoms with E-state index in [1.807, 2.05) is 0 Å². The average molecular weight is 110 g/mol. The minimum atomic E-state index is -0.380. The molecule has 1 atom stereocenters. The number of alkyl halides is 1. The van der Waals surface area contributed by atoms with Gasteiger partial charge in [-0.1, -0.05) is 0 Å². The molecule has 0 radical (unpaired) electrons. The van der Waals surface area contributed by atoms with Crippen LogP contribution in [0, 0.1) is 0 Å². The minimum Gasteiger partial charge on any atom is -0.396 e. The van der Waals surface area contributed by atoms with Gasteiger partial charge >= 0.3 is 0 Å². The number of aliphatic hydroxyl groups excluding tert-OH is 1. The predicted octanol–water partition coefficient (Wildman–Crippen LogP) is -0.108. The number of aliphatic hydroxyl groups is 1. The first-order valence-electron chi connectivity index (χ1n) is 1.78. The summed E-state index contributed by atoms with van der Waals surface area (Å²) in [5.74, 6) is 0. The summed E-state index contributed by atoms with van der Waals surface area (Å²) in [7, 11) is 0. The first-order chi connectivity index (χ1) is 2.77. The molecule has 0 aliphatic carbocycles. The van der Waals surface area contributed by atoms with Crippen LogP contribution in [0.2, 0.25) is 0 Å². The van der Waals surface area contributed by atoms with Crippen molar-refractivity contribution < 1.29 is 5.11 Å². The van der Waals surface area contributed by atoms with Gasteiger partial charge in [-0.05, 0) is 6.42 Å². The van der Waals surface area contributed by atoms with Crippen molar-refractivity contribution in [2.75, 3.05) is 6.61 Å². The van der Waals surface area contributed by atoms with Gasteiger partial charge in [0.2, 0.25) is 0 Å². The van der Waals surface area contributed by atoms with Crippen LogP contribution < -0.4 is 5.73 Å². The topological polar surface area (TPSA) is 46.2 Å². The van der Waals surface area contributed by atoms with Gasteiger partial charge in [-0.2, -0.15) is 0 Å². The summed E-state index contributed by atoms with van der Waals surface area (Å²) < 4.78 is 0. The highest BCUT2D eigenvalue weighted by molar-refractivity contribution is 6.20. The predicted molar refractivity (Wildman–Crippen MR) is 25.5 cm³/mol. The fraction of sp³-hybridized carbons (Fsp3) is 1.00. The molecule has 0 aromatic heterocycles. The second kappa shape index (κ2) is 3.40. The largest absolute Gasteiger partial charge is 0.396 e. The van der Waals surface area contributed by atoms with E-state index in [2.05, 4.69) is 0 Å². The molecule has 2 nitrogen and oxygen atoms in total. The lowest BCUT2D eigenvalue weighted by Gasteiger charge is -1.93. The molecule has 6 heavy (non-hydrogen) atoms. The van der Waals surface area contributed by atoms with E-state index >= 15 is 0 Å². The van der Waals surface area contributed by atoms with E-state index in [0.29, 0.717) is 6.42 Å². The van der Waals surface area contributed by atoms with Gasteiger partial charge in [-0.15, -0.1) is 11.6 Å². The molecule has 3 heteroatoms. The summed E-state index contributed by atoms with van der Waals surface area (Å²) in [5.41, 5.74) is 4.63. The Morgan fingerprint density at radius 1 is 1.83 bits per heavy atom. The quantitative estimate of drug-likeness (QED) is 0.384. The zero-order chi connectivity index (χ0) is 4.99. The average Bonchev–Trinajstić information content (AvgIpc) is 1.35. The minimum absolute atomic E-state index is 0.0741. The third-order valence-electron chi connectivity index (χ3n) is 0.405. The number of hydrogen-bond donors (Lipinski definition) is 2. The van der Waals surface area contributed by atoms with Crippen LogP contribution in [0.25, 0.3) is 0 Å². The Labute approximate surface area is 41.9 Å². The Bertz CT molecular complexity index is 32.0. The van der Waals surface area contributed by atoms with Gasteiger partial charge in [0.25, 0.3) is 0 Å². The molecular formula is C3H8ClNO. The highest BCUT2D eigenvalue weighted by Gasteiger charge is 1.89. The van der Waals surface area contributed by atoms with Gasteiger partial charge < -0.3 is 10.8 Å². The molecule has 0 rings (SSSR count). The molecule has 0 heterocycles. The van der Waals surface area contributed by atoms with Crippen LogP contribution >= 0.6 is 11.6 Å². The number of halogens is 1. The third-order valence-corrected chi connectivity index (χ3v) is 0.623. The molecule has 0 spiro atoms. The Balaban J connectivity index is 2.63. The zero-order valence-electron chi connectivity index (χ0n) is 3.39. The van der Waals surface area contributed by atoms with Crippen LogP contribution in [0.1, 0.15) is 6.42 Å². The lowest BCUT2D eigenvalue weighted by Crippen LogP contribution is -2.12. The van der Waals surface area contributed by atoms with Crippen molar-refractivity contribution in [3.63, 3.8) is 0 Å². The van der Waals surface area contributed by atoms with Gasteiger partial charge in [-0.3, -0.25) is 0 Å². The summed E-state index contributed by atoms with van der Waals surface area (Å²) in [4.78, 5) is 0. The van der Waals surface area contributed by atoms with Crippen molar-refractivity contribution in [2.45, 2.75) is 11.9 Å². The van der Waals surface area contributed by atoms with Crippen LogP contribution in [0.5, 0.6) is 0 Å². The Kier molecular flexibility index (Phi) is 3.52. The monoisotopic (exact) mass is 109 g/mol. The highest BCUT2D eigenvalue weighted by atomic mass is 35.5. The van der Waals surface area contributed by atoms with Crippen molar-refractivity contribution in [1.29, 1.82) is 0 Å². The Morgan fingerprint density at radius 2 is 2.33 bits per heavy atom. The smallest absolute Gasteiger partial charge is 0.0822 e. The van der Waals surface area contributed by atoms with Crippen LogP contribution in [0.4, 0.5) is 0 Å². The maximum Gasteiger partial charge on any atom is 0.0822 e. The fourth-order valence-corrected chi connectivity index (χ4v) is 0.221. The standard InChI is InChI=1S/C3H8ClNO/c4-3(5)1-2-6/h3,6H,1-2,5H2. The summed E-state index contributed by atoms with van der Waals surface area (Å²) >= 11 is 5.20. The Hall–Kier alpha value is 0.210. The van der Waals surface area contributed by atoms with E-state index in [4.69, 9.17) is 22.4 Å². The van der Waals surface area contributed by atoms with Gasteiger partial charge in [0.15, 0.2) is 0 Å². The van der Waals surface area contributed by atoms with Crippen molar-refractivity contribution >= 4 is 11.6 Å². The second-order valence-electron chi connectivity index (χ2n) is 1.03. The van der Waals surface area contributed by atoms with Crippen molar-refractivity contribution in [1.82, 2.24) is 0 Å². The summed E-state index contributed by atoms with van der Waals surface area (Å²) in [6.45, 7) is 0.0741. The lowest BCUT2D eigenvalue weighted by atomic mass is 10.5. The molecule has 0 fully saturated rings. The number of nitrogens with two attached hydrogens (primary N) is 1. The molecule has 0 bridgehead atoms. The van der Waals surface area contributed by atoms with E-state index in [9.17, 15) is 0 Å². The third kappa shape index (κ3) is 4.21. The molecule has 0 aliphatic rings. The van der Waals surface area contributed by atoms with E-state index in [-0.39, 0.29) is 12.1 Å². The molecule has 0 aromatic rings.